The predicted molar refractivity (Wildman–Crippen MR) is 134 cm³/mol. The van der Waals surface area contributed by atoms with Gasteiger partial charge in [0.1, 0.15) is 17.0 Å². The summed E-state index contributed by atoms with van der Waals surface area (Å²) < 4.78 is 58.8. The highest BCUT2D eigenvalue weighted by atomic mass is 32.2. The first-order valence-corrected chi connectivity index (χ1v) is 13.7. The molecule has 200 valence electrons. The number of likely N-dealkylation sites (N-methyl/N-ethyl adjacent to an activating group) is 1. The van der Waals surface area contributed by atoms with Gasteiger partial charge in [0, 0.05) is 36.5 Å². The Morgan fingerprint density at radius 2 is 2.13 bits per heavy atom. The Kier molecular flexibility index (Phi) is 6.84. The van der Waals surface area contributed by atoms with Crippen molar-refractivity contribution in [3.63, 3.8) is 0 Å². The van der Waals surface area contributed by atoms with E-state index in [0.717, 1.165) is 31.7 Å². The Morgan fingerprint density at radius 1 is 1.32 bits per heavy atom. The molecule has 1 aromatic carbocycles. The molecule has 1 amide bonds. The van der Waals surface area contributed by atoms with Gasteiger partial charge in [-0.3, -0.25) is 9.48 Å². The zero-order chi connectivity index (χ0) is 27.0. The largest absolute Gasteiger partial charge is 0.434 e. The van der Waals surface area contributed by atoms with E-state index in [1.54, 1.807) is 23.1 Å². The smallest absolute Gasteiger partial charge is 0.387 e. The summed E-state index contributed by atoms with van der Waals surface area (Å²) in [5.41, 5.74) is 0.793. The fraction of sp³-hybridized carbons (Fsp3) is 0.333. The number of carbonyl (C=O) groups excluding carboxylic acids is 1. The molecule has 0 saturated carbocycles. The van der Waals surface area contributed by atoms with Gasteiger partial charge >= 0.3 is 6.61 Å². The Labute approximate surface area is 216 Å². The number of halogens is 2. The molecule has 1 saturated heterocycles. The third kappa shape index (κ3) is 5.22. The molecule has 1 aliphatic heterocycles. The highest BCUT2D eigenvalue weighted by Crippen LogP contribution is 2.37. The first-order chi connectivity index (χ1) is 18.1. The van der Waals surface area contributed by atoms with Crippen LogP contribution in [0.1, 0.15) is 23.2 Å². The molecule has 0 aliphatic carbocycles. The lowest BCUT2D eigenvalue weighted by atomic mass is 10.1. The molecule has 5 rings (SSSR count). The summed E-state index contributed by atoms with van der Waals surface area (Å²) in [6, 6.07) is 5.41. The lowest BCUT2D eigenvalue weighted by molar-refractivity contribution is -0.0494. The number of likely N-dealkylation sites (tertiary alicyclic amines) is 1. The van der Waals surface area contributed by atoms with Crippen molar-refractivity contribution in [1.29, 1.82) is 0 Å². The van der Waals surface area contributed by atoms with Crippen molar-refractivity contribution in [3.8, 4) is 17.0 Å². The molecule has 3 aromatic heterocycles. The van der Waals surface area contributed by atoms with Gasteiger partial charge in [0.2, 0.25) is 0 Å². The molecular weight excluding hydrogens is 520 g/mol. The topological polar surface area (TPSA) is 124 Å². The van der Waals surface area contributed by atoms with E-state index in [2.05, 4.69) is 25.4 Å². The van der Waals surface area contributed by atoms with Gasteiger partial charge in [-0.1, -0.05) is 0 Å². The fourth-order valence-electron chi connectivity index (χ4n) is 4.53. The maximum Gasteiger partial charge on any atom is 0.387 e. The van der Waals surface area contributed by atoms with Gasteiger partial charge in [-0.25, -0.2) is 17.9 Å². The van der Waals surface area contributed by atoms with Crippen LogP contribution in [-0.4, -0.2) is 76.1 Å². The normalized spacial score (nSPS) is 16.4. The molecule has 1 atom stereocenters. The minimum absolute atomic E-state index is 0.0000377. The van der Waals surface area contributed by atoms with Crippen LogP contribution in [0.25, 0.3) is 16.9 Å². The number of aromatic nitrogens is 5. The number of anilines is 1. The molecule has 11 nitrogen and oxygen atoms in total. The number of sulfone groups is 1. The van der Waals surface area contributed by atoms with Crippen LogP contribution in [0.5, 0.6) is 5.75 Å². The molecule has 0 radical (unpaired) electrons. The van der Waals surface area contributed by atoms with E-state index in [4.69, 9.17) is 4.74 Å². The van der Waals surface area contributed by atoms with Gasteiger partial charge < -0.3 is 15.0 Å². The minimum Gasteiger partial charge on any atom is -0.434 e. The van der Waals surface area contributed by atoms with Gasteiger partial charge in [0.25, 0.3) is 5.91 Å². The molecular formula is C24H25F2N7O4S. The number of benzene rings is 1. The molecule has 38 heavy (non-hydrogen) atoms. The second-order valence-electron chi connectivity index (χ2n) is 9.10. The second-order valence-corrected chi connectivity index (χ2v) is 11.1. The van der Waals surface area contributed by atoms with Crippen LogP contribution in [0.3, 0.4) is 0 Å². The van der Waals surface area contributed by atoms with Crippen LogP contribution in [-0.2, 0) is 16.4 Å². The Hall–Kier alpha value is -3.91. The molecule has 0 spiro atoms. The zero-order valence-corrected chi connectivity index (χ0v) is 21.4. The molecule has 0 bridgehead atoms. The van der Waals surface area contributed by atoms with E-state index in [-0.39, 0.29) is 39.2 Å². The summed E-state index contributed by atoms with van der Waals surface area (Å²) in [6.45, 7) is -1.74. The number of amides is 1. The predicted octanol–water partition coefficient (Wildman–Crippen LogP) is 2.94. The van der Waals surface area contributed by atoms with Crippen LogP contribution in [0, 0.1) is 0 Å². The van der Waals surface area contributed by atoms with E-state index in [1.807, 2.05) is 7.05 Å². The highest BCUT2D eigenvalue weighted by molar-refractivity contribution is 7.90. The fourth-order valence-corrected chi connectivity index (χ4v) is 5.18. The minimum atomic E-state index is -3.68. The van der Waals surface area contributed by atoms with Crippen LogP contribution in [0.2, 0.25) is 0 Å². The Bertz CT molecular complexity index is 1600. The number of nitrogens with one attached hydrogen (secondary N) is 1. The SMILES string of the molecule is CN1CCC[C@H]1Cn1cc(NC(=O)c2cnn3cccnc23)c(-c2cc(S(C)(=O)=O)ccc2OC(F)F)n1. The summed E-state index contributed by atoms with van der Waals surface area (Å²) >= 11 is 0. The van der Waals surface area contributed by atoms with Gasteiger partial charge in [-0.15, -0.1) is 0 Å². The van der Waals surface area contributed by atoms with Crippen molar-refractivity contribution in [3.05, 3.63) is 54.6 Å². The quantitative estimate of drug-likeness (QED) is 0.359. The Morgan fingerprint density at radius 3 is 2.84 bits per heavy atom. The third-order valence-corrected chi connectivity index (χ3v) is 7.56. The number of hydrogen-bond donors (Lipinski definition) is 1. The van der Waals surface area contributed by atoms with Gasteiger partial charge in [-0.2, -0.15) is 19.0 Å². The van der Waals surface area contributed by atoms with E-state index in [1.165, 1.54) is 29.0 Å². The monoisotopic (exact) mass is 545 g/mol. The summed E-state index contributed by atoms with van der Waals surface area (Å²) in [4.78, 5) is 19.6. The van der Waals surface area contributed by atoms with E-state index in [9.17, 15) is 22.0 Å². The van der Waals surface area contributed by atoms with Crippen molar-refractivity contribution in [2.45, 2.75) is 36.9 Å². The average Bonchev–Trinajstić information content (AvgIpc) is 3.57. The van der Waals surface area contributed by atoms with E-state index in [0.29, 0.717) is 12.2 Å². The summed E-state index contributed by atoms with van der Waals surface area (Å²) in [5.74, 6) is -0.822. The second kappa shape index (κ2) is 10.1. The summed E-state index contributed by atoms with van der Waals surface area (Å²) in [7, 11) is -1.68. The molecule has 4 aromatic rings. The molecule has 14 heteroatoms. The van der Waals surface area contributed by atoms with Crippen LogP contribution >= 0.6 is 0 Å². The lowest BCUT2D eigenvalue weighted by Gasteiger charge is -2.19. The number of rotatable bonds is 8. The lowest BCUT2D eigenvalue weighted by Crippen LogP contribution is -2.29. The summed E-state index contributed by atoms with van der Waals surface area (Å²) in [5, 5.41) is 11.5. The average molecular weight is 546 g/mol. The van der Waals surface area contributed by atoms with Crippen LogP contribution in [0.4, 0.5) is 14.5 Å². The van der Waals surface area contributed by atoms with E-state index >= 15 is 0 Å². The van der Waals surface area contributed by atoms with E-state index < -0.39 is 22.4 Å². The molecule has 4 heterocycles. The number of alkyl halides is 2. The summed E-state index contributed by atoms with van der Waals surface area (Å²) in [6.07, 6.45) is 9.12. The molecule has 1 aliphatic rings. The maximum absolute atomic E-state index is 13.3. The van der Waals surface area contributed by atoms with Crippen molar-refractivity contribution < 1.29 is 26.7 Å². The van der Waals surface area contributed by atoms with Crippen LogP contribution < -0.4 is 10.1 Å². The van der Waals surface area contributed by atoms with Crippen molar-refractivity contribution in [2.24, 2.45) is 0 Å². The van der Waals surface area contributed by atoms with Gasteiger partial charge in [0.05, 0.1) is 23.3 Å². The number of ether oxygens (including phenoxy) is 1. The standard InChI is InChI=1S/C24H25F2N7O4S/c1-31-9-3-5-15(31)13-32-14-19(29-23(34)18-12-28-33-10-4-8-27-22(18)33)21(30-32)17-11-16(38(2,35)36)6-7-20(17)37-24(25)26/h4,6-8,10-12,14-15,24H,3,5,9,13H2,1-2H3,(H,29,34)/t15-/m0/s1. The van der Waals surface area contributed by atoms with Crippen molar-refractivity contribution in [1.82, 2.24) is 29.3 Å². The third-order valence-electron chi connectivity index (χ3n) is 6.45. The first kappa shape index (κ1) is 25.7. The highest BCUT2D eigenvalue weighted by Gasteiger charge is 2.26. The number of nitrogens with zero attached hydrogens (tertiary/aromatic N) is 6. The Balaban J connectivity index is 1.60. The maximum atomic E-state index is 13.3. The van der Waals surface area contributed by atoms with Crippen molar-refractivity contribution in [2.75, 3.05) is 25.2 Å². The first-order valence-electron chi connectivity index (χ1n) is 11.8. The van der Waals surface area contributed by atoms with Gasteiger partial charge in [-0.05, 0) is 50.7 Å². The van der Waals surface area contributed by atoms with Crippen LogP contribution in [0.15, 0.2) is 53.9 Å². The van der Waals surface area contributed by atoms with Gasteiger partial charge in [0.15, 0.2) is 15.5 Å². The number of fused-ring (bicyclic) bond motifs is 1. The van der Waals surface area contributed by atoms with Crippen molar-refractivity contribution >= 4 is 27.1 Å². The molecule has 0 unspecified atom stereocenters. The molecule has 1 fully saturated rings. The number of carbonyl (C=O) groups is 1. The molecule has 1 N–H and O–H groups in total. The zero-order valence-electron chi connectivity index (χ0n) is 20.6. The number of hydrogen-bond acceptors (Lipinski definition) is 8.